The molecule has 0 aromatic heterocycles. The molecule has 2 heterocycles. The first-order chi connectivity index (χ1) is 10.7. The minimum atomic E-state index is 0.0457. The Balaban J connectivity index is 1.81. The molecule has 114 valence electrons. The molecular weight excluding hydrogens is 321 g/mol. The Morgan fingerprint density at radius 1 is 0.955 bits per heavy atom. The highest BCUT2D eigenvalue weighted by Gasteiger charge is 2.26. The predicted molar refractivity (Wildman–Crippen MR) is 87.4 cm³/mol. The Hall–Kier alpha value is -1.42. The molecule has 2 aliphatic rings. The van der Waals surface area contributed by atoms with Gasteiger partial charge in [0.25, 0.3) is 0 Å². The van der Waals surface area contributed by atoms with Crippen LogP contribution in [0.25, 0.3) is 0 Å². The molecule has 0 saturated heterocycles. The van der Waals surface area contributed by atoms with Gasteiger partial charge in [-0.05, 0) is 47.4 Å². The average molecular weight is 336 g/mol. The third-order valence-corrected chi connectivity index (χ3v) is 4.69. The first-order valence-electron chi connectivity index (χ1n) is 7.33. The van der Waals surface area contributed by atoms with Crippen molar-refractivity contribution in [2.75, 3.05) is 19.8 Å². The minimum Gasteiger partial charge on any atom is -0.486 e. The maximum atomic E-state index is 6.39. The van der Waals surface area contributed by atoms with Gasteiger partial charge in [-0.15, -0.1) is 0 Å². The van der Waals surface area contributed by atoms with Crippen LogP contribution in [-0.4, -0.2) is 19.8 Å². The van der Waals surface area contributed by atoms with Crippen molar-refractivity contribution in [3.05, 3.63) is 57.1 Å². The van der Waals surface area contributed by atoms with E-state index in [0.717, 1.165) is 30.0 Å². The molecule has 0 aliphatic carbocycles. The van der Waals surface area contributed by atoms with Gasteiger partial charge in [-0.25, -0.2) is 0 Å². The van der Waals surface area contributed by atoms with Crippen LogP contribution in [0.1, 0.15) is 22.7 Å². The van der Waals surface area contributed by atoms with Gasteiger partial charge in [-0.1, -0.05) is 29.3 Å². The van der Waals surface area contributed by atoms with E-state index < -0.39 is 0 Å². The van der Waals surface area contributed by atoms with E-state index >= 15 is 0 Å². The molecule has 2 aromatic carbocycles. The van der Waals surface area contributed by atoms with Crippen molar-refractivity contribution in [1.82, 2.24) is 5.32 Å². The molecule has 1 atom stereocenters. The maximum Gasteiger partial charge on any atom is 0.161 e. The lowest BCUT2D eigenvalue weighted by Gasteiger charge is -2.30. The summed E-state index contributed by atoms with van der Waals surface area (Å²) in [6.07, 6.45) is 0.966. The lowest BCUT2D eigenvalue weighted by molar-refractivity contribution is 0.171. The molecule has 0 saturated carbocycles. The van der Waals surface area contributed by atoms with Gasteiger partial charge in [0, 0.05) is 16.6 Å². The van der Waals surface area contributed by atoms with Crippen molar-refractivity contribution in [1.29, 1.82) is 0 Å². The molecule has 3 nitrogen and oxygen atoms in total. The molecule has 0 spiro atoms. The number of hydrogen-bond acceptors (Lipinski definition) is 3. The smallest absolute Gasteiger partial charge is 0.161 e. The molecule has 22 heavy (non-hydrogen) atoms. The van der Waals surface area contributed by atoms with Gasteiger partial charge >= 0.3 is 0 Å². The molecule has 2 aliphatic heterocycles. The zero-order chi connectivity index (χ0) is 15.1. The molecule has 4 rings (SSSR count). The van der Waals surface area contributed by atoms with Crippen molar-refractivity contribution in [2.24, 2.45) is 0 Å². The van der Waals surface area contributed by atoms with Crippen molar-refractivity contribution < 1.29 is 9.47 Å². The lowest BCUT2D eigenvalue weighted by atomic mass is 9.89. The van der Waals surface area contributed by atoms with Crippen molar-refractivity contribution in [3.8, 4) is 11.5 Å². The fourth-order valence-corrected chi connectivity index (χ4v) is 3.62. The zero-order valence-electron chi connectivity index (χ0n) is 11.9. The Bertz CT molecular complexity index is 733. The van der Waals surface area contributed by atoms with E-state index in [1.165, 1.54) is 11.1 Å². The van der Waals surface area contributed by atoms with Gasteiger partial charge < -0.3 is 14.8 Å². The Labute approximate surface area is 139 Å². The zero-order valence-corrected chi connectivity index (χ0v) is 13.4. The van der Waals surface area contributed by atoms with E-state index in [9.17, 15) is 0 Å². The highest BCUT2D eigenvalue weighted by molar-refractivity contribution is 6.35. The topological polar surface area (TPSA) is 30.5 Å². The van der Waals surface area contributed by atoms with E-state index in [0.29, 0.717) is 23.3 Å². The van der Waals surface area contributed by atoms with Crippen molar-refractivity contribution in [3.63, 3.8) is 0 Å². The number of benzene rings is 2. The first-order valence-corrected chi connectivity index (χ1v) is 8.09. The summed E-state index contributed by atoms with van der Waals surface area (Å²) in [6, 6.07) is 9.86. The monoisotopic (exact) mass is 335 g/mol. The van der Waals surface area contributed by atoms with Crippen LogP contribution in [0.2, 0.25) is 10.0 Å². The lowest BCUT2D eigenvalue weighted by Crippen LogP contribution is -2.31. The van der Waals surface area contributed by atoms with Crippen molar-refractivity contribution >= 4 is 23.2 Å². The number of fused-ring (bicyclic) bond motifs is 2. The summed E-state index contributed by atoms with van der Waals surface area (Å²) in [5.41, 5.74) is 3.50. The maximum absolute atomic E-state index is 6.39. The molecule has 0 amide bonds. The van der Waals surface area contributed by atoms with Crippen LogP contribution < -0.4 is 14.8 Å². The van der Waals surface area contributed by atoms with E-state index in [1.54, 1.807) is 6.07 Å². The molecule has 0 radical (unpaired) electrons. The van der Waals surface area contributed by atoms with Gasteiger partial charge in [0.15, 0.2) is 11.5 Å². The van der Waals surface area contributed by atoms with Gasteiger partial charge in [-0.3, -0.25) is 0 Å². The largest absolute Gasteiger partial charge is 0.486 e. The number of nitrogens with one attached hydrogen (secondary N) is 1. The third-order valence-electron chi connectivity index (χ3n) is 4.13. The van der Waals surface area contributed by atoms with Crippen LogP contribution >= 0.6 is 23.2 Å². The van der Waals surface area contributed by atoms with E-state index in [2.05, 4.69) is 17.4 Å². The quantitative estimate of drug-likeness (QED) is 0.854. The number of rotatable bonds is 1. The van der Waals surface area contributed by atoms with E-state index in [4.69, 9.17) is 32.7 Å². The predicted octanol–water partition coefficient (Wildman–Crippen LogP) is 4.00. The van der Waals surface area contributed by atoms with E-state index in [1.807, 2.05) is 12.1 Å². The average Bonchev–Trinajstić information content (AvgIpc) is 2.53. The third kappa shape index (κ3) is 2.43. The Kier molecular flexibility index (Phi) is 3.65. The van der Waals surface area contributed by atoms with Gasteiger partial charge in [0.2, 0.25) is 0 Å². The fraction of sp³-hybridized carbons (Fsp3) is 0.294. The normalized spacial score (nSPS) is 19.6. The summed E-state index contributed by atoms with van der Waals surface area (Å²) in [6.45, 7) is 2.10. The summed E-state index contributed by atoms with van der Waals surface area (Å²) in [4.78, 5) is 0. The van der Waals surface area contributed by atoms with Crippen molar-refractivity contribution in [2.45, 2.75) is 12.5 Å². The summed E-state index contributed by atoms with van der Waals surface area (Å²) in [7, 11) is 0. The van der Waals surface area contributed by atoms with Crippen LogP contribution in [-0.2, 0) is 6.42 Å². The van der Waals surface area contributed by atoms with Gasteiger partial charge in [0.05, 0.1) is 6.04 Å². The summed E-state index contributed by atoms with van der Waals surface area (Å²) in [5, 5.41) is 4.85. The van der Waals surface area contributed by atoms with Gasteiger partial charge in [0.1, 0.15) is 13.2 Å². The van der Waals surface area contributed by atoms with Crippen LogP contribution in [0.3, 0.4) is 0 Å². The molecular formula is C17H15Cl2NO2. The first kappa shape index (κ1) is 14.2. The Morgan fingerprint density at radius 3 is 2.50 bits per heavy atom. The van der Waals surface area contributed by atoms with E-state index in [-0.39, 0.29) is 6.04 Å². The standard InChI is InChI=1S/C17H15Cl2NO2/c18-11-1-2-12(14(19)8-11)17-13-9-16-15(21-5-6-22-16)7-10(13)3-4-20-17/h1-2,7-9,17,20H,3-6H2. The number of halogens is 2. The number of hydrogen-bond donors (Lipinski definition) is 1. The highest BCUT2D eigenvalue weighted by atomic mass is 35.5. The van der Waals surface area contributed by atoms with Crippen LogP contribution in [0.15, 0.2) is 30.3 Å². The van der Waals surface area contributed by atoms with Crippen LogP contribution in [0, 0.1) is 0 Å². The molecule has 1 unspecified atom stereocenters. The minimum absolute atomic E-state index is 0.0457. The molecule has 5 heteroatoms. The molecule has 2 aromatic rings. The second-order valence-corrected chi connectivity index (χ2v) is 6.34. The summed E-state index contributed by atoms with van der Waals surface area (Å²) < 4.78 is 11.4. The Morgan fingerprint density at radius 2 is 1.73 bits per heavy atom. The SMILES string of the molecule is Clc1ccc(C2NCCc3cc4c(cc32)OCCO4)c(Cl)c1. The number of ether oxygens (including phenoxy) is 2. The molecule has 0 fully saturated rings. The molecule has 0 bridgehead atoms. The molecule has 1 N–H and O–H groups in total. The fourth-order valence-electron chi connectivity index (χ4n) is 3.11. The summed E-state index contributed by atoms with van der Waals surface area (Å²) in [5.74, 6) is 1.65. The second kappa shape index (κ2) is 5.65. The van der Waals surface area contributed by atoms with Crippen LogP contribution in [0.4, 0.5) is 0 Å². The van der Waals surface area contributed by atoms with Gasteiger partial charge in [-0.2, -0.15) is 0 Å². The summed E-state index contributed by atoms with van der Waals surface area (Å²) >= 11 is 12.4. The highest BCUT2D eigenvalue weighted by Crippen LogP contribution is 2.40. The second-order valence-electron chi connectivity index (χ2n) is 5.50. The van der Waals surface area contributed by atoms with Crippen LogP contribution in [0.5, 0.6) is 11.5 Å².